The number of carbonyl (C=O) groups is 2. The number of nitrogens with one attached hydrogen (secondary N) is 1. The lowest BCUT2D eigenvalue weighted by Gasteiger charge is -2.38. The molecule has 2 heterocycles. The quantitative estimate of drug-likeness (QED) is 0.692. The zero-order valence-corrected chi connectivity index (χ0v) is 16.4. The molecule has 3 rings (SSSR count). The van der Waals surface area contributed by atoms with Crippen molar-refractivity contribution in [2.75, 3.05) is 17.6 Å². The second-order valence-corrected chi connectivity index (χ2v) is 7.58. The number of nitrogen functional groups attached to an aromatic ring is 1. The van der Waals surface area contributed by atoms with Gasteiger partial charge in [-0.2, -0.15) is 0 Å². The maximum atomic E-state index is 12.9. The Morgan fingerprint density at radius 3 is 2.64 bits per heavy atom. The van der Waals surface area contributed by atoms with Crippen molar-refractivity contribution < 1.29 is 14.7 Å². The Bertz CT molecular complexity index is 913. The Hall–Kier alpha value is -3.09. The van der Waals surface area contributed by atoms with Crippen LogP contribution in [0.4, 0.5) is 11.5 Å². The number of amides is 2. The van der Waals surface area contributed by atoms with Gasteiger partial charge in [0.15, 0.2) is 0 Å². The van der Waals surface area contributed by atoms with Gasteiger partial charge in [-0.3, -0.25) is 9.59 Å². The normalized spacial score (nSPS) is 19.3. The van der Waals surface area contributed by atoms with Crippen molar-refractivity contribution in [3.63, 3.8) is 0 Å². The molecule has 7 heteroatoms. The maximum absolute atomic E-state index is 12.9. The SMILES string of the molecule is Cc1ccc(C2CCC(C)CN2C(=O)C(=O)Nc2cnc(N)c(C)c2)cc1O. The van der Waals surface area contributed by atoms with Crippen LogP contribution in [0.15, 0.2) is 30.5 Å². The predicted molar refractivity (Wildman–Crippen MR) is 108 cm³/mol. The number of aromatic hydroxyl groups is 1. The summed E-state index contributed by atoms with van der Waals surface area (Å²) in [6.07, 6.45) is 3.12. The van der Waals surface area contributed by atoms with Crippen LogP contribution < -0.4 is 11.1 Å². The third-order valence-corrected chi connectivity index (χ3v) is 5.27. The van der Waals surface area contributed by atoms with Crippen molar-refractivity contribution in [3.8, 4) is 5.75 Å². The van der Waals surface area contributed by atoms with Gasteiger partial charge in [-0.15, -0.1) is 0 Å². The van der Waals surface area contributed by atoms with E-state index in [9.17, 15) is 14.7 Å². The van der Waals surface area contributed by atoms with E-state index in [1.165, 1.54) is 6.20 Å². The lowest BCUT2D eigenvalue weighted by atomic mass is 9.89. The summed E-state index contributed by atoms with van der Waals surface area (Å²) in [6, 6.07) is 6.85. The summed E-state index contributed by atoms with van der Waals surface area (Å²) in [6.45, 7) is 6.16. The molecule has 2 unspecified atom stereocenters. The molecule has 0 spiro atoms. The number of phenolic OH excluding ortho intramolecular Hbond substituents is 1. The van der Waals surface area contributed by atoms with Crippen LogP contribution in [0.2, 0.25) is 0 Å². The third-order valence-electron chi connectivity index (χ3n) is 5.27. The zero-order chi connectivity index (χ0) is 20.4. The number of rotatable bonds is 2. The number of nitrogens with two attached hydrogens (primary N) is 1. The van der Waals surface area contributed by atoms with Crippen LogP contribution >= 0.6 is 0 Å². The first-order valence-electron chi connectivity index (χ1n) is 9.40. The highest BCUT2D eigenvalue weighted by molar-refractivity contribution is 6.39. The van der Waals surface area contributed by atoms with Crippen LogP contribution in [-0.4, -0.2) is 33.3 Å². The number of hydrogen-bond donors (Lipinski definition) is 3. The molecule has 1 aromatic carbocycles. The first-order chi connectivity index (χ1) is 13.3. The van der Waals surface area contributed by atoms with E-state index in [-0.39, 0.29) is 11.8 Å². The van der Waals surface area contributed by atoms with Gasteiger partial charge >= 0.3 is 11.8 Å². The number of likely N-dealkylation sites (tertiary alicyclic amines) is 1. The average Bonchev–Trinajstić information content (AvgIpc) is 2.66. The van der Waals surface area contributed by atoms with Gasteiger partial charge < -0.3 is 21.1 Å². The minimum absolute atomic E-state index is 0.191. The third kappa shape index (κ3) is 4.08. The van der Waals surface area contributed by atoms with Crippen LogP contribution in [0.3, 0.4) is 0 Å². The fraction of sp³-hybridized carbons (Fsp3) is 0.381. The minimum atomic E-state index is -0.707. The van der Waals surface area contributed by atoms with E-state index in [4.69, 9.17) is 5.73 Å². The van der Waals surface area contributed by atoms with Gasteiger partial charge in [0.25, 0.3) is 0 Å². The molecule has 1 fully saturated rings. The molecule has 7 nitrogen and oxygen atoms in total. The minimum Gasteiger partial charge on any atom is -0.508 e. The van der Waals surface area contributed by atoms with Crippen LogP contribution in [0.25, 0.3) is 0 Å². The molecule has 148 valence electrons. The van der Waals surface area contributed by atoms with Crippen molar-refractivity contribution >= 4 is 23.3 Å². The second-order valence-electron chi connectivity index (χ2n) is 7.58. The largest absolute Gasteiger partial charge is 0.508 e. The monoisotopic (exact) mass is 382 g/mol. The Morgan fingerprint density at radius 2 is 1.96 bits per heavy atom. The molecule has 1 aliphatic heterocycles. The number of aromatic nitrogens is 1. The molecular formula is C21H26N4O3. The summed E-state index contributed by atoms with van der Waals surface area (Å²) in [4.78, 5) is 31.2. The summed E-state index contributed by atoms with van der Waals surface area (Å²) in [5.41, 5.74) is 8.46. The van der Waals surface area contributed by atoms with Crippen molar-refractivity contribution in [1.82, 2.24) is 9.88 Å². The fourth-order valence-corrected chi connectivity index (χ4v) is 3.53. The molecular weight excluding hydrogens is 356 g/mol. The first-order valence-corrected chi connectivity index (χ1v) is 9.40. The Balaban J connectivity index is 1.82. The van der Waals surface area contributed by atoms with Crippen molar-refractivity contribution in [1.29, 1.82) is 0 Å². The highest BCUT2D eigenvalue weighted by Crippen LogP contribution is 2.35. The van der Waals surface area contributed by atoms with Gasteiger partial charge in [0.1, 0.15) is 11.6 Å². The molecule has 2 amide bonds. The van der Waals surface area contributed by atoms with E-state index < -0.39 is 11.8 Å². The smallest absolute Gasteiger partial charge is 0.313 e. The Labute approximate surface area is 164 Å². The summed E-state index contributed by atoms with van der Waals surface area (Å²) >= 11 is 0. The Morgan fingerprint density at radius 1 is 1.21 bits per heavy atom. The van der Waals surface area contributed by atoms with Crippen LogP contribution in [-0.2, 0) is 9.59 Å². The molecule has 1 aromatic heterocycles. The Kier molecular flexibility index (Phi) is 5.53. The molecule has 0 bridgehead atoms. The fourth-order valence-electron chi connectivity index (χ4n) is 3.53. The molecule has 2 aromatic rings. The number of hydrogen-bond acceptors (Lipinski definition) is 5. The van der Waals surface area contributed by atoms with Crippen molar-refractivity contribution in [2.45, 2.75) is 39.7 Å². The van der Waals surface area contributed by atoms with Crippen molar-refractivity contribution in [3.05, 3.63) is 47.2 Å². The van der Waals surface area contributed by atoms with Gasteiger partial charge in [-0.1, -0.05) is 19.1 Å². The van der Waals surface area contributed by atoms with E-state index in [0.29, 0.717) is 24.0 Å². The summed E-state index contributed by atoms with van der Waals surface area (Å²) in [7, 11) is 0. The molecule has 4 N–H and O–H groups in total. The number of aryl methyl sites for hydroxylation is 2. The number of benzene rings is 1. The number of piperidine rings is 1. The molecule has 0 aliphatic carbocycles. The van der Waals surface area contributed by atoms with E-state index in [0.717, 1.165) is 29.5 Å². The topological polar surface area (TPSA) is 109 Å². The van der Waals surface area contributed by atoms with Gasteiger partial charge in [-0.25, -0.2) is 4.98 Å². The first kappa shape index (κ1) is 19.7. The number of pyridine rings is 1. The maximum Gasteiger partial charge on any atom is 0.313 e. The molecule has 28 heavy (non-hydrogen) atoms. The number of carbonyl (C=O) groups excluding carboxylic acids is 2. The van der Waals surface area contributed by atoms with Gasteiger partial charge in [0.2, 0.25) is 0 Å². The zero-order valence-electron chi connectivity index (χ0n) is 16.4. The van der Waals surface area contributed by atoms with E-state index in [2.05, 4.69) is 17.2 Å². The van der Waals surface area contributed by atoms with E-state index >= 15 is 0 Å². The summed E-state index contributed by atoms with van der Waals surface area (Å²) in [5.74, 6) is -0.426. The number of nitrogens with zero attached hydrogens (tertiary/aromatic N) is 2. The standard InChI is InChI=1S/C21H26N4O3/c1-12-4-7-17(15-6-5-13(2)18(26)9-15)25(11-12)21(28)20(27)24-16-8-14(3)19(22)23-10-16/h5-6,8-10,12,17,26H,4,7,11H2,1-3H3,(H2,22,23)(H,24,27). The van der Waals surface area contributed by atoms with Crippen LogP contribution in [0.1, 0.15) is 42.5 Å². The molecule has 1 aliphatic rings. The second kappa shape index (κ2) is 7.88. The molecule has 0 radical (unpaired) electrons. The van der Waals surface area contributed by atoms with Gasteiger partial charge in [-0.05, 0) is 61.4 Å². The average molecular weight is 382 g/mol. The van der Waals surface area contributed by atoms with Gasteiger partial charge in [0, 0.05) is 6.54 Å². The van der Waals surface area contributed by atoms with E-state index in [1.807, 2.05) is 19.1 Å². The highest BCUT2D eigenvalue weighted by atomic mass is 16.3. The van der Waals surface area contributed by atoms with Gasteiger partial charge in [0.05, 0.1) is 17.9 Å². The lowest BCUT2D eigenvalue weighted by molar-refractivity contribution is -0.146. The summed E-state index contributed by atoms with van der Waals surface area (Å²) < 4.78 is 0. The lowest BCUT2D eigenvalue weighted by Crippen LogP contribution is -2.46. The van der Waals surface area contributed by atoms with E-state index in [1.54, 1.807) is 24.0 Å². The summed E-state index contributed by atoms with van der Waals surface area (Å²) in [5, 5.41) is 12.7. The van der Waals surface area contributed by atoms with Crippen LogP contribution in [0.5, 0.6) is 5.75 Å². The number of phenols is 1. The van der Waals surface area contributed by atoms with Crippen LogP contribution in [0, 0.1) is 19.8 Å². The predicted octanol–water partition coefficient (Wildman–Crippen LogP) is 2.92. The molecule has 1 saturated heterocycles. The number of anilines is 2. The molecule has 0 saturated carbocycles. The highest BCUT2D eigenvalue weighted by Gasteiger charge is 2.34. The van der Waals surface area contributed by atoms with Crippen molar-refractivity contribution in [2.24, 2.45) is 5.92 Å². The molecule has 2 atom stereocenters.